The fraction of sp³-hybridized carbons (Fsp3) is 0.0625. The maximum atomic E-state index is 10.8. The quantitative estimate of drug-likeness (QED) is 0.0269. The van der Waals surface area contributed by atoms with Gasteiger partial charge in [0, 0.05) is 61.0 Å². The average Bonchev–Trinajstić information content (AvgIpc) is 3.41. The van der Waals surface area contributed by atoms with Crippen molar-refractivity contribution in [1.29, 1.82) is 0 Å². The second kappa shape index (κ2) is 29.8. The van der Waals surface area contributed by atoms with E-state index in [1.807, 2.05) is 38.1 Å². The molecule has 4 aromatic heterocycles. The van der Waals surface area contributed by atoms with Gasteiger partial charge in [-0.1, -0.05) is 47.0 Å². The highest BCUT2D eigenvalue weighted by Crippen LogP contribution is 2.33. The van der Waals surface area contributed by atoms with E-state index in [4.69, 9.17) is 33.1 Å². The zero-order chi connectivity index (χ0) is 54.1. The Morgan fingerprint density at radius 2 is 0.653 bits per heavy atom. The van der Waals surface area contributed by atoms with E-state index < -0.39 is 25.7 Å². The summed E-state index contributed by atoms with van der Waals surface area (Å²) in [6.45, 7) is 5.25. The molecule has 0 saturated heterocycles. The third-order valence-corrected chi connectivity index (χ3v) is 11.8. The van der Waals surface area contributed by atoms with Crippen molar-refractivity contribution in [1.82, 2.24) is 19.9 Å². The van der Waals surface area contributed by atoms with Crippen LogP contribution in [-0.4, -0.2) is 45.6 Å². The maximum absolute atomic E-state index is 10.8. The monoisotopic (exact) mass is 1110 g/mol. The van der Waals surface area contributed by atoms with Crippen molar-refractivity contribution in [3.8, 4) is 28.7 Å². The molecule has 0 aliphatic rings. The molecule has 8 rings (SSSR count). The van der Waals surface area contributed by atoms with Crippen LogP contribution in [0.2, 0.25) is 5.02 Å². The third-order valence-electron chi connectivity index (χ3n) is 8.60. The molecule has 0 radical (unpaired) electrons. The van der Waals surface area contributed by atoms with Gasteiger partial charge in [0.05, 0.1) is 19.7 Å². The highest BCUT2D eigenvalue weighted by Gasteiger charge is 2.19. The first-order valence-electron chi connectivity index (χ1n) is 21.0. The maximum Gasteiger partial charge on any atom is 0.308 e. The van der Waals surface area contributed by atoms with Gasteiger partial charge in [-0.25, -0.2) is 19.9 Å². The molecule has 75 heavy (non-hydrogen) atoms. The summed E-state index contributed by atoms with van der Waals surface area (Å²) >= 11 is 9.12. The number of carbonyl (C=O) groups is 1. The molecule has 22 nitrogen and oxygen atoms in total. The lowest BCUT2D eigenvalue weighted by molar-refractivity contribution is -0.388. The Balaban J connectivity index is 0.000000185. The Labute approximate surface area is 448 Å². The Morgan fingerprint density at radius 1 is 0.413 bits per heavy atom. The molecule has 4 heterocycles. The van der Waals surface area contributed by atoms with Gasteiger partial charge in [0.1, 0.15) is 76.9 Å². The van der Waals surface area contributed by atoms with Crippen LogP contribution < -0.4 is 21.5 Å². The van der Waals surface area contributed by atoms with Gasteiger partial charge in [-0.15, -0.1) is 0 Å². The lowest BCUT2D eigenvalue weighted by Crippen LogP contribution is -2.00. The zero-order valence-corrected chi connectivity index (χ0v) is 43.0. The molecular weight excluding hydrogens is 1080 g/mol. The highest BCUT2D eigenvalue weighted by molar-refractivity contribution is 7.95. The minimum Gasteiger partial charge on any atom is -0.427 e. The summed E-state index contributed by atoms with van der Waals surface area (Å²) in [7, 11) is 0. The summed E-state index contributed by atoms with van der Waals surface area (Å²) in [5.74, 6) is 2.24. The number of aromatic nitrogens is 4. The molecule has 384 valence electrons. The normalized spacial score (nSPS) is 10.0. The molecule has 4 aromatic carbocycles. The molecule has 0 amide bonds. The number of aryl methyl sites for hydroxylation is 2. The summed E-state index contributed by atoms with van der Waals surface area (Å²) in [5, 5.41) is 44.6. The van der Waals surface area contributed by atoms with Crippen LogP contribution in [0.25, 0.3) is 0 Å². The number of halogens is 1. The van der Waals surface area contributed by atoms with E-state index >= 15 is 0 Å². The van der Waals surface area contributed by atoms with E-state index in [2.05, 4.69) is 19.9 Å². The molecular formula is C48H37ClN8O14S4. The van der Waals surface area contributed by atoms with Crippen LogP contribution in [0.1, 0.15) is 18.1 Å². The van der Waals surface area contributed by atoms with Crippen LogP contribution in [0.5, 0.6) is 28.7 Å². The van der Waals surface area contributed by atoms with Gasteiger partial charge in [-0.2, -0.15) is 0 Å². The molecule has 8 aromatic rings. The van der Waals surface area contributed by atoms with Crippen LogP contribution in [0.4, 0.5) is 22.7 Å². The van der Waals surface area contributed by atoms with Crippen molar-refractivity contribution in [2.75, 3.05) is 0 Å². The van der Waals surface area contributed by atoms with Crippen LogP contribution in [0.3, 0.4) is 0 Å². The first kappa shape index (κ1) is 57.3. The number of nitrogens with zero attached hydrogens (tertiary/aromatic N) is 8. The van der Waals surface area contributed by atoms with Crippen LogP contribution in [-0.2, 0) is 4.79 Å². The SMILES string of the molecule is CC(=O)Oc1ccc(OSc2ncccc2[N+](=O)[O-])cc1.Cc1ccc(OSc2ncccc2[N+](=O)[O-])cc1.Cc1ccc(OSc2ncccc2[N+](=O)[O-])cc1.O=[N+]([O-])c1cccnc1SOc1ccc(Cl)cc1. The van der Waals surface area contributed by atoms with Gasteiger partial charge < -0.3 is 21.5 Å². The van der Waals surface area contributed by atoms with E-state index in [1.165, 1.54) is 80.2 Å². The van der Waals surface area contributed by atoms with E-state index in [-0.39, 0.29) is 42.9 Å². The molecule has 27 heteroatoms. The number of hydrogen-bond donors (Lipinski definition) is 0. The molecule has 0 fully saturated rings. The standard InChI is InChI=1S/C13H10N2O5S.2C12H10N2O3S.C11H7ClN2O3S/c1-9(16)19-10-4-6-11(7-5-10)20-21-13-12(15(17)18)3-2-8-14-13;2*1-9-4-6-10(7-5-9)17-18-12-11(14(15)16)3-2-8-13-12;12-8-3-5-9(6-4-8)17-18-11-10(14(15)16)2-1-7-13-11/h2-8H,1H3;2*2-8H,1H3;1-7H. The predicted molar refractivity (Wildman–Crippen MR) is 281 cm³/mol. The number of pyridine rings is 4. The molecule has 0 unspecified atom stereocenters. The summed E-state index contributed by atoms with van der Waals surface area (Å²) in [6.07, 6.45) is 5.91. The zero-order valence-electron chi connectivity index (χ0n) is 39.0. The van der Waals surface area contributed by atoms with Gasteiger partial charge in [-0.3, -0.25) is 45.3 Å². The number of nitro groups is 4. The first-order valence-corrected chi connectivity index (χ1v) is 24.3. The van der Waals surface area contributed by atoms with E-state index in [0.29, 0.717) is 33.8 Å². The summed E-state index contributed by atoms with van der Waals surface area (Å²) in [4.78, 5) is 67.6. The Bertz CT molecular complexity index is 2950. The second-order valence-electron chi connectivity index (χ2n) is 14.2. The number of ether oxygens (including phenoxy) is 1. The van der Waals surface area contributed by atoms with Gasteiger partial charge in [0.2, 0.25) is 20.1 Å². The molecule has 0 saturated carbocycles. The molecule has 0 atom stereocenters. The topological polar surface area (TPSA) is 287 Å². The minimum atomic E-state index is -0.525. The van der Waals surface area contributed by atoms with Gasteiger partial charge >= 0.3 is 28.7 Å². The van der Waals surface area contributed by atoms with Gasteiger partial charge in [0.25, 0.3) is 0 Å². The molecule has 0 bridgehead atoms. The minimum absolute atomic E-state index is 0.0605. The summed E-state index contributed by atoms with van der Waals surface area (Å²) < 4.78 is 26.3. The van der Waals surface area contributed by atoms with Crippen molar-refractivity contribution in [2.45, 2.75) is 40.9 Å². The first-order chi connectivity index (χ1) is 36.1. The lowest BCUT2D eigenvalue weighted by atomic mass is 10.2. The Hall–Kier alpha value is -8.56. The Morgan fingerprint density at radius 3 is 0.907 bits per heavy atom. The number of rotatable bonds is 17. The number of hydrogen-bond acceptors (Lipinski definition) is 22. The summed E-state index contributed by atoms with van der Waals surface area (Å²) in [5.41, 5.74) is 1.91. The fourth-order valence-corrected chi connectivity index (χ4v) is 7.70. The van der Waals surface area contributed by atoms with Crippen molar-refractivity contribution in [2.24, 2.45) is 0 Å². The smallest absolute Gasteiger partial charge is 0.308 e. The average molecular weight is 1110 g/mol. The fourth-order valence-electron chi connectivity index (χ4n) is 5.10. The molecule has 0 aliphatic carbocycles. The van der Waals surface area contributed by atoms with Gasteiger partial charge in [-0.05, 0) is 111 Å². The molecule has 0 aliphatic heterocycles. The van der Waals surface area contributed by atoms with Crippen molar-refractivity contribution >= 4 is 88.5 Å². The third kappa shape index (κ3) is 19.8. The number of esters is 1. The van der Waals surface area contributed by atoms with E-state index in [9.17, 15) is 45.3 Å². The summed E-state index contributed by atoms with van der Waals surface area (Å²) in [6, 6.07) is 39.4. The molecule has 0 spiro atoms. The van der Waals surface area contributed by atoms with E-state index in [1.54, 1.807) is 72.8 Å². The highest BCUT2D eigenvalue weighted by atomic mass is 35.5. The van der Waals surface area contributed by atoms with E-state index in [0.717, 1.165) is 59.3 Å². The Kier molecular flexibility index (Phi) is 22.8. The van der Waals surface area contributed by atoms with Gasteiger partial charge in [0.15, 0.2) is 0 Å². The number of benzene rings is 4. The second-order valence-corrected chi connectivity index (χ2v) is 17.5. The molecule has 0 N–H and O–H groups in total. The van der Waals surface area contributed by atoms with Crippen LogP contribution >= 0.6 is 59.8 Å². The number of carbonyl (C=O) groups excluding carboxylic acids is 1. The van der Waals surface area contributed by atoms with Crippen LogP contribution in [0, 0.1) is 54.3 Å². The van der Waals surface area contributed by atoms with Crippen molar-refractivity contribution < 1.29 is 46.0 Å². The van der Waals surface area contributed by atoms with Crippen molar-refractivity contribution in [3.63, 3.8) is 0 Å². The lowest BCUT2D eigenvalue weighted by Gasteiger charge is -2.05. The van der Waals surface area contributed by atoms with Crippen molar-refractivity contribution in [3.05, 3.63) is 227 Å². The predicted octanol–water partition coefficient (Wildman–Crippen LogP) is 13.5. The largest absolute Gasteiger partial charge is 0.427 e. The van der Waals surface area contributed by atoms with Crippen LogP contribution in [0.15, 0.2) is 190 Å².